The molecule has 0 unspecified atom stereocenters. The maximum atomic E-state index is 9.08. The van der Waals surface area contributed by atoms with Gasteiger partial charge < -0.3 is 15.7 Å². The molecule has 0 spiro atoms. The predicted octanol–water partition coefficient (Wildman–Crippen LogP) is 1.18. The Balaban J connectivity index is 2.05. The Kier molecular flexibility index (Phi) is 3.29. The lowest BCUT2D eigenvalue weighted by molar-refractivity contribution is 0.203. The van der Waals surface area contributed by atoms with Gasteiger partial charge >= 0.3 is 0 Å². The Morgan fingerprint density at radius 1 is 1.44 bits per heavy atom. The van der Waals surface area contributed by atoms with Crippen LogP contribution in [0.1, 0.15) is 18.5 Å². The molecule has 0 amide bonds. The fraction of sp³-hybridized carbons (Fsp3) is 0.583. The van der Waals surface area contributed by atoms with Gasteiger partial charge in [-0.3, -0.25) is 0 Å². The van der Waals surface area contributed by atoms with Gasteiger partial charge in [-0.15, -0.1) is 0 Å². The molecule has 0 atom stereocenters. The van der Waals surface area contributed by atoms with E-state index in [4.69, 9.17) is 10.8 Å². The zero-order chi connectivity index (χ0) is 11.5. The van der Waals surface area contributed by atoms with E-state index in [0.717, 1.165) is 43.1 Å². The third-order valence-electron chi connectivity index (χ3n) is 3.31. The van der Waals surface area contributed by atoms with Gasteiger partial charge in [-0.1, -0.05) is 0 Å². The Labute approximate surface area is 96.1 Å². The van der Waals surface area contributed by atoms with Crippen molar-refractivity contribution in [1.82, 2.24) is 4.98 Å². The van der Waals surface area contributed by atoms with Crippen LogP contribution in [0.2, 0.25) is 0 Å². The maximum absolute atomic E-state index is 9.08. The van der Waals surface area contributed by atoms with E-state index in [1.165, 1.54) is 0 Å². The van der Waals surface area contributed by atoms with Crippen LogP contribution in [0.3, 0.4) is 0 Å². The number of nitrogen functional groups attached to an aromatic ring is 1. The van der Waals surface area contributed by atoms with Crippen molar-refractivity contribution in [2.75, 3.05) is 30.3 Å². The molecule has 0 saturated carbocycles. The minimum atomic E-state index is 0.308. The van der Waals surface area contributed by atoms with Crippen molar-refractivity contribution in [3.63, 3.8) is 0 Å². The van der Waals surface area contributed by atoms with E-state index in [-0.39, 0.29) is 0 Å². The van der Waals surface area contributed by atoms with Crippen molar-refractivity contribution >= 4 is 11.5 Å². The van der Waals surface area contributed by atoms with E-state index in [0.29, 0.717) is 12.5 Å². The molecule has 0 aromatic carbocycles. The summed E-state index contributed by atoms with van der Waals surface area (Å²) in [4.78, 5) is 6.75. The van der Waals surface area contributed by atoms with Crippen molar-refractivity contribution < 1.29 is 5.11 Å². The standard InChI is InChI=1S/C12H19N3O/c1-9-11(13)2-3-12(14-9)15-6-4-10(8-16)5-7-15/h2-3,10,16H,4-8,13H2,1H3. The first-order valence-corrected chi connectivity index (χ1v) is 5.79. The monoisotopic (exact) mass is 221 g/mol. The number of hydrogen-bond donors (Lipinski definition) is 2. The fourth-order valence-corrected chi connectivity index (χ4v) is 2.08. The molecule has 4 heteroatoms. The lowest BCUT2D eigenvalue weighted by Crippen LogP contribution is -2.35. The largest absolute Gasteiger partial charge is 0.397 e. The van der Waals surface area contributed by atoms with Crippen LogP contribution in [-0.2, 0) is 0 Å². The third kappa shape index (κ3) is 2.27. The summed E-state index contributed by atoms with van der Waals surface area (Å²) in [5, 5.41) is 9.08. The lowest BCUT2D eigenvalue weighted by Gasteiger charge is -2.32. The van der Waals surface area contributed by atoms with Crippen LogP contribution in [0, 0.1) is 12.8 Å². The Morgan fingerprint density at radius 3 is 2.69 bits per heavy atom. The second-order valence-electron chi connectivity index (χ2n) is 4.46. The number of hydrogen-bond acceptors (Lipinski definition) is 4. The van der Waals surface area contributed by atoms with Gasteiger partial charge in [0.2, 0.25) is 0 Å². The number of nitrogens with two attached hydrogens (primary N) is 1. The molecule has 3 N–H and O–H groups in total. The fourth-order valence-electron chi connectivity index (χ4n) is 2.08. The third-order valence-corrected chi connectivity index (χ3v) is 3.31. The van der Waals surface area contributed by atoms with E-state index >= 15 is 0 Å². The number of aliphatic hydroxyl groups is 1. The Bertz CT molecular complexity index is 359. The molecule has 1 aromatic heterocycles. The van der Waals surface area contributed by atoms with Crippen molar-refractivity contribution in [2.45, 2.75) is 19.8 Å². The molecule has 4 nitrogen and oxygen atoms in total. The number of pyridine rings is 1. The second-order valence-corrected chi connectivity index (χ2v) is 4.46. The summed E-state index contributed by atoms with van der Waals surface area (Å²) in [5.41, 5.74) is 7.38. The molecular formula is C12H19N3O. The minimum absolute atomic E-state index is 0.308. The zero-order valence-electron chi connectivity index (χ0n) is 9.69. The van der Waals surface area contributed by atoms with Crippen LogP contribution in [0.25, 0.3) is 0 Å². The highest BCUT2D eigenvalue weighted by Gasteiger charge is 2.19. The van der Waals surface area contributed by atoms with Gasteiger partial charge in [0, 0.05) is 19.7 Å². The topological polar surface area (TPSA) is 62.4 Å². The van der Waals surface area contributed by atoms with Gasteiger partial charge in [0.1, 0.15) is 5.82 Å². The van der Waals surface area contributed by atoms with E-state index in [1.807, 2.05) is 19.1 Å². The summed E-state index contributed by atoms with van der Waals surface area (Å²) in [6.07, 6.45) is 2.09. The molecule has 0 aliphatic carbocycles. The van der Waals surface area contributed by atoms with E-state index < -0.39 is 0 Å². The van der Waals surface area contributed by atoms with Gasteiger partial charge in [0.05, 0.1) is 11.4 Å². The number of anilines is 2. The SMILES string of the molecule is Cc1nc(N2CCC(CO)CC2)ccc1N. The van der Waals surface area contributed by atoms with Gasteiger partial charge in [-0.05, 0) is 37.8 Å². The first-order chi connectivity index (χ1) is 7.70. The van der Waals surface area contributed by atoms with Crippen molar-refractivity contribution in [2.24, 2.45) is 5.92 Å². The summed E-state index contributed by atoms with van der Waals surface area (Å²) in [6.45, 7) is 4.19. The van der Waals surface area contributed by atoms with E-state index in [1.54, 1.807) is 0 Å². The molecule has 2 rings (SSSR count). The van der Waals surface area contributed by atoms with Crippen LogP contribution in [0.4, 0.5) is 11.5 Å². The molecule has 0 bridgehead atoms. The number of aliphatic hydroxyl groups excluding tert-OH is 1. The molecule has 1 aliphatic heterocycles. The van der Waals surface area contributed by atoms with Gasteiger partial charge in [0.25, 0.3) is 0 Å². The first kappa shape index (κ1) is 11.2. The van der Waals surface area contributed by atoms with Crippen LogP contribution in [0.5, 0.6) is 0 Å². The molecule has 1 fully saturated rings. The molecule has 88 valence electrons. The number of aromatic nitrogens is 1. The van der Waals surface area contributed by atoms with Crippen LogP contribution in [-0.4, -0.2) is 29.8 Å². The van der Waals surface area contributed by atoms with Crippen molar-refractivity contribution in [3.8, 4) is 0 Å². The first-order valence-electron chi connectivity index (χ1n) is 5.79. The van der Waals surface area contributed by atoms with Crippen LogP contribution in [0.15, 0.2) is 12.1 Å². The van der Waals surface area contributed by atoms with Crippen molar-refractivity contribution in [1.29, 1.82) is 0 Å². The molecule has 1 saturated heterocycles. The Morgan fingerprint density at radius 2 is 2.12 bits per heavy atom. The average Bonchev–Trinajstić information content (AvgIpc) is 2.33. The summed E-state index contributed by atoms with van der Waals surface area (Å²) < 4.78 is 0. The summed E-state index contributed by atoms with van der Waals surface area (Å²) in [5.74, 6) is 1.47. The number of piperidine rings is 1. The number of nitrogens with zero attached hydrogens (tertiary/aromatic N) is 2. The van der Waals surface area contributed by atoms with Crippen LogP contribution < -0.4 is 10.6 Å². The Hall–Kier alpha value is -1.29. The van der Waals surface area contributed by atoms with Gasteiger partial charge in [-0.2, -0.15) is 0 Å². The number of rotatable bonds is 2. The van der Waals surface area contributed by atoms with Crippen molar-refractivity contribution in [3.05, 3.63) is 17.8 Å². The van der Waals surface area contributed by atoms with E-state index in [9.17, 15) is 0 Å². The minimum Gasteiger partial charge on any atom is -0.397 e. The van der Waals surface area contributed by atoms with Crippen LogP contribution >= 0.6 is 0 Å². The molecular weight excluding hydrogens is 202 g/mol. The summed E-state index contributed by atoms with van der Waals surface area (Å²) >= 11 is 0. The molecule has 0 radical (unpaired) electrons. The zero-order valence-corrected chi connectivity index (χ0v) is 9.69. The number of aryl methyl sites for hydroxylation is 1. The second kappa shape index (κ2) is 4.70. The summed E-state index contributed by atoms with van der Waals surface area (Å²) in [7, 11) is 0. The predicted molar refractivity (Wildman–Crippen MR) is 65.4 cm³/mol. The molecule has 16 heavy (non-hydrogen) atoms. The maximum Gasteiger partial charge on any atom is 0.128 e. The molecule has 1 aliphatic rings. The highest BCUT2D eigenvalue weighted by molar-refractivity contribution is 5.50. The molecule has 1 aromatic rings. The summed E-state index contributed by atoms with van der Waals surface area (Å²) in [6, 6.07) is 3.89. The average molecular weight is 221 g/mol. The molecule has 2 heterocycles. The highest BCUT2D eigenvalue weighted by Crippen LogP contribution is 2.22. The lowest BCUT2D eigenvalue weighted by atomic mass is 9.98. The smallest absolute Gasteiger partial charge is 0.128 e. The normalized spacial score (nSPS) is 17.8. The van der Waals surface area contributed by atoms with Gasteiger partial charge in [-0.25, -0.2) is 4.98 Å². The quantitative estimate of drug-likeness (QED) is 0.787. The highest BCUT2D eigenvalue weighted by atomic mass is 16.3. The van der Waals surface area contributed by atoms with E-state index in [2.05, 4.69) is 9.88 Å². The van der Waals surface area contributed by atoms with Gasteiger partial charge in [0.15, 0.2) is 0 Å².